The van der Waals surface area contributed by atoms with Gasteiger partial charge in [0.25, 0.3) is 0 Å². The minimum absolute atomic E-state index is 0.0563. The number of hydrogen-bond acceptors (Lipinski definition) is 3. The first-order valence-corrected chi connectivity index (χ1v) is 2.95. The monoisotopic (exact) mass is 127 g/mol. The lowest BCUT2D eigenvalue weighted by Crippen LogP contribution is -2.28. The summed E-state index contributed by atoms with van der Waals surface area (Å²) in [5, 5.41) is 2.81. The highest BCUT2D eigenvalue weighted by molar-refractivity contribution is 5.93. The van der Waals surface area contributed by atoms with Crippen molar-refractivity contribution in [2.45, 2.75) is 19.4 Å². The summed E-state index contributed by atoms with van der Waals surface area (Å²) in [5.41, 5.74) is 0. The summed E-state index contributed by atoms with van der Waals surface area (Å²) in [6.45, 7) is 1.86. The van der Waals surface area contributed by atoms with Gasteiger partial charge in [0, 0.05) is 6.42 Å². The van der Waals surface area contributed by atoms with Crippen molar-refractivity contribution in [3.8, 4) is 0 Å². The molecule has 1 heterocycles. The Bertz CT molecular complexity index is 153. The molecule has 0 radical (unpaired) electrons. The van der Waals surface area contributed by atoms with Crippen LogP contribution in [0.15, 0.2) is 0 Å². The Hall–Kier alpha value is -0.700. The van der Waals surface area contributed by atoms with E-state index in [4.69, 9.17) is 0 Å². The number of ketones is 2. The third-order valence-electron chi connectivity index (χ3n) is 1.47. The van der Waals surface area contributed by atoms with Crippen molar-refractivity contribution in [1.82, 2.24) is 5.32 Å². The van der Waals surface area contributed by atoms with E-state index in [1.165, 1.54) is 6.92 Å². The van der Waals surface area contributed by atoms with Crippen molar-refractivity contribution < 1.29 is 9.59 Å². The van der Waals surface area contributed by atoms with Gasteiger partial charge >= 0.3 is 0 Å². The molecule has 1 aliphatic heterocycles. The highest BCUT2D eigenvalue weighted by Crippen LogP contribution is 2.01. The Morgan fingerprint density at radius 3 is 2.67 bits per heavy atom. The molecule has 0 amide bonds. The minimum atomic E-state index is -0.197. The molecule has 0 aromatic heterocycles. The predicted molar refractivity (Wildman–Crippen MR) is 32.1 cm³/mol. The van der Waals surface area contributed by atoms with Crippen LogP contribution in [-0.4, -0.2) is 24.2 Å². The number of nitrogens with one attached hydrogen (secondary N) is 1. The maximum absolute atomic E-state index is 10.6. The standard InChI is InChI=1S/C6H9NO2/c1-4(8)6-2-5(9)3-7-6/h6-7H,2-3H2,1H3/t6-/m0/s1. The highest BCUT2D eigenvalue weighted by Gasteiger charge is 2.24. The molecule has 3 heteroatoms. The molecule has 0 aromatic rings. The molecule has 1 atom stereocenters. The largest absolute Gasteiger partial charge is 0.300 e. The fourth-order valence-electron chi connectivity index (χ4n) is 0.897. The van der Waals surface area contributed by atoms with Crippen LogP contribution in [0.2, 0.25) is 0 Å². The van der Waals surface area contributed by atoms with Gasteiger partial charge in [0.05, 0.1) is 12.6 Å². The molecule has 9 heavy (non-hydrogen) atoms. The van der Waals surface area contributed by atoms with Gasteiger partial charge in [0.2, 0.25) is 0 Å². The first kappa shape index (κ1) is 6.42. The SMILES string of the molecule is CC(=O)[C@@H]1CC(=O)CN1. The maximum Gasteiger partial charge on any atom is 0.148 e. The average molecular weight is 127 g/mol. The van der Waals surface area contributed by atoms with Crippen LogP contribution in [0.4, 0.5) is 0 Å². The third-order valence-corrected chi connectivity index (χ3v) is 1.47. The molecule has 50 valence electrons. The van der Waals surface area contributed by atoms with Crippen molar-refractivity contribution in [1.29, 1.82) is 0 Å². The number of hydrogen-bond donors (Lipinski definition) is 1. The van der Waals surface area contributed by atoms with Gasteiger partial charge in [-0.2, -0.15) is 0 Å². The van der Waals surface area contributed by atoms with Crippen molar-refractivity contribution in [2.24, 2.45) is 0 Å². The van der Waals surface area contributed by atoms with E-state index in [2.05, 4.69) is 5.32 Å². The number of carbonyl (C=O) groups excluding carboxylic acids is 2. The summed E-state index contributed by atoms with van der Waals surface area (Å²) in [6.07, 6.45) is 0.384. The summed E-state index contributed by atoms with van der Waals surface area (Å²) < 4.78 is 0. The average Bonchev–Trinajstić information content (AvgIpc) is 2.14. The van der Waals surface area contributed by atoms with Gasteiger partial charge in [-0.05, 0) is 6.92 Å². The lowest BCUT2D eigenvalue weighted by atomic mass is 10.1. The Labute approximate surface area is 53.4 Å². The normalized spacial score (nSPS) is 26.8. The molecule has 1 aliphatic rings. The number of rotatable bonds is 1. The van der Waals surface area contributed by atoms with Crippen LogP contribution in [0.5, 0.6) is 0 Å². The Morgan fingerprint density at radius 1 is 1.78 bits per heavy atom. The zero-order valence-electron chi connectivity index (χ0n) is 5.31. The van der Waals surface area contributed by atoms with E-state index in [0.717, 1.165) is 0 Å². The summed E-state index contributed by atoms with van der Waals surface area (Å²) in [7, 11) is 0. The molecule has 0 spiro atoms. The molecule has 0 aromatic carbocycles. The molecular formula is C6H9NO2. The van der Waals surface area contributed by atoms with E-state index < -0.39 is 0 Å². The van der Waals surface area contributed by atoms with Crippen LogP contribution in [-0.2, 0) is 9.59 Å². The van der Waals surface area contributed by atoms with Crippen LogP contribution >= 0.6 is 0 Å². The van der Waals surface area contributed by atoms with E-state index in [1.54, 1.807) is 0 Å². The molecule has 0 unspecified atom stereocenters. The van der Waals surface area contributed by atoms with E-state index in [0.29, 0.717) is 13.0 Å². The van der Waals surface area contributed by atoms with Gasteiger partial charge < -0.3 is 5.32 Å². The second-order valence-electron chi connectivity index (χ2n) is 2.29. The van der Waals surface area contributed by atoms with E-state index in [1.807, 2.05) is 0 Å². The Morgan fingerprint density at radius 2 is 2.44 bits per heavy atom. The minimum Gasteiger partial charge on any atom is -0.300 e. The van der Waals surface area contributed by atoms with Gasteiger partial charge in [0.1, 0.15) is 11.6 Å². The summed E-state index contributed by atoms with van der Waals surface area (Å²) in [5.74, 6) is 0.191. The molecule has 3 nitrogen and oxygen atoms in total. The fourth-order valence-corrected chi connectivity index (χ4v) is 0.897. The van der Waals surface area contributed by atoms with Crippen molar-refractivity contribution in [2.75, 3.05) is 6.54 Å². The van der Waals surface area contributed by atoms with Gasteiger partial charge in [-0.3, -0.25) is 9.59 Å². The number of Topliss-reactive ketones (excluding diaryl/α,β-unsaturated/α-hetero) is 2. The lowest BCUT2D eigenvalue weighted by molar-refractivity contribution is -0.121. The van der Waals surface area contributed by atoms with Crippen molar-refractivity contribution >= 4 is 11.6 Å². The van der Waals surface area contributed by atoms with Crippen LogP contribution in [0.25, 0.3) is 0 Å². The van der Waals surface area contributed by atoms with Crippen LogP contribution in [0, 0.1) is 0 Å². The summed E-state index contributed by atoms with van der Waals surface area (Å²) >= 11 is 0. The van der Waals surface area contributed by atoms with Crippen LogP contribution in [0.1, 0.15) is 13.3 Å². The van der Waals surface area contributed by atoms with E-state index in [-0.39, 0.29) is 17.6 Å². The van der Waals surface area contributed by atoms with Crippen LogP contribution in [0.3, 0.4) is 0 Å². The summed E-state index contributed by atoms with van der Waals surface area (Å²) in [6, 6.07) is -0.197. The number of carbonyl (C=O) groups is 2. The first-order chi connectivity index (χ1) is 4.20. The smallest absolute Gasteiger partial charge is 0.148 e. The topological polar surface area (TPSA) is 46.2 Å². The quantitative estimate of drug-likeness (QED) is 0.517. The third kappa shape index (κ3) is 1.36. The zero-order valence-corrected chi connectivity index (χ0v) is 5.31. The van der Waals surface area contributed by atoms with Gasteiger partial charge in [-0.15, -0.1) is 0 Å². The predicted octanol–water partition coefficient (Wildman–Crippen LogP) is -0.494. The summed E-state index contributed by atoms with van der Waals surface area (Å²) in [4.78, 5) is 21.1. The van der Waals surface area contributed by atoms with Gasteiger partial charge in [0.15, 0.2) is 0 Å². The maximum atomic E-state index is 10.6. The van der Waals surface area contributed by atoms with Crippen molar-refractivity contribution in [3.05, 3.63) is 0 Å². The zero-order chi connectivity index (χ0) is 6.85. The first-order valence-electron chi connectivity index (χ1n) is 2.95. The van der Waals surface area contributed by atoms with Gasteiger partial charge in [-0.25, -0.2) is 0 Å². The molecule has 0 saturated carbocycles. The highest BCUT2D eigenvalue weighted by atomic mass is 16.1. The van der Waals surface area contributed by atoms with Crippen LogP contribution < -0.4 is 5.32 Å². The molecule has 1 rings (SSSR count). The lowest BCUT2D eigenvalue weighted by Gasteiger charge is -2.00. The molecular weight excluding hydrogens is 118 g/mol. The van der Waals surface area contributed by atoms with Crippen molar-refractivity contribution in [3.63, 3.8) is 0 Å². The van der Waals surface area contributed by atoms with E-state index in [9.17, 15) is 9.59 Å². The second-order valence-corrected chi connectivity index (χ2v) is 2.29. The van der Waals surface area contributed by atoms with Gasteiger partial charge in [-0.1, -0.05) is 0 Å². The molecule has 1 N–H and O–H groups in total. The van der Waals surface area contributed by atoms with E-state index >= 15 is 0 Å². The fraction of sp³-hybridized carbons (Fsp3) is 0.667. The Kier molecular flexibility index (Phi) is 1.62. The molecule has 0 aliphatic carbocycles. The second kappa shape index (κ2) is 2.27. The molecule has 1 fully saturated rings. The molecule has 0 bridgehead atoms. The molecule has 1 saturated heterocycles. The Balaban J connectivity index is 2.48.